The molecule has 0 heterocycles. The van der Waals surface area contributed by atoms with Gasteiger partial charge in [0.05, 0.1) is 13.7 Å². The normalized spacial score (nSPS) is 12.7. The van der Waals surface area contributed by atoms with Crippen LogP contribution in [0.5, 0.6) is 5.75 Å². The highest BCUT2D eigenvalue weighted by Gasteiger charge is 2.14. The summed E-state index contributed by atoms with van der Waals surface area (Å²) in [4.78, 5) is 2.29. The molecule has 0 aliphatic carbocycles. The lowest BCUT2D eigenvalue weighted by Gasteiger charge is -2.27. The van der Waals surface area contributed by atoms with Crippen LogP contribution in [0.3, 0.4) is 0 Å². The molecule has 0 bridgehead atoms. The highest BCUT2D eigenvalue weighted by atomic mass is 16.5. The van der Waals surface area contributed by atoms with Gasteiger partial charge in [-0.1, -0.05) is 12.1 Å². The van der Waals surface area contributed by atoms with E-state index in [4.69, 9.17) is 9.47 Å². The highest BCUT2D eigenvalue weighted by Crippen LogP contribution is 2.14. The van der Waals surface area contributed by atoms with Crippen molar-refractivity contribution in [3.8, 4) is 5.75 Å². The largest absolute Gasteiger partial charge is 0.497 e. The standard InChI is InChI=1S/C14H24N2O2/c1-15-9-13(11-17-3)16(2)10-12-6-5-7-14(8-12)18-4/h5-8,13,15H,9-11H2,1-4H3. The maximum Gasteiger partial charge on any atom is 0.119 e. The van der Waals surface area contributed by atoms with Crippen molar-refractivity contribution in [2.45, 2.75) is 12.6 Å². The third kappa shape index (κ3) is 4.64. The number of nitrogens with zero attached hydrogens (tertiary/aromatic N) is 1. The molecule has 0 amide bonds. The molecule has 1 rings (SSSR count). The SMILES string of the molecule is CNCC(COC)N(C)Cc1cccc(OC)c1. The van der Waals surface area contributed by atoms with Crippen LogP contribution in [0.15, 0.2) is 24.3 Å². The summed E-state index contributed by atoms with van der Waals surface area (Å²) in [7, 11) is 7.50. The van der Waals surface area contributed by atoms with E-state index in [1.54, 1.807) is 14.2 Å². The molecule has 0 spiro atoms. The first kappa shape index (κ1) is 15.0. The molecule has 4 heteroatoms. The molecule has 1 N–H and O–H groups in total. The molecule has 1 aromatic carbocycles. The lowest BCUT2D eigenvalue weighted by Crippen LogP contribution is -2.41. The lowest BCUT2D eigenvalue weighted by molar-refractivity contribution is 0.102. The molecule has 0 radical (unpaired) electrons. The second-order valence-electron chi connectivity index (χ2n) is 4.43. The van der Waals surface area contributed by atoms with Crippen molar-refractivity contribution in [3.63, 3.8) is 0 Å². The number of likely N-dealkylation sites (N-methyl/N-ethyl adjacent to an activating group) is 2. The number of nitrogens with one attached hydrogen (secondary N) is 1. The van der Waals surface area contributed by atoms with Gasteiger partial charge in [-0.05, 0) is 31.8 Å². The van der Waals surface area contributed by atoms with Crippen LogP contribution in [0.4, 0.5) is 0 Å². The second kappa shape index (κ2) is 8.08. The maximum absolute atomic E-state index is 5.25. The average molecular weight is 252 g/mol. The van der Waals surface area contributed by atoms with Crippen LogP contribution in [-0.2, 0) is 11.3 Å². The first-order chi connectivity index (χ1) is 8.71. The zero-order valence-corrected chi connectivity index (χ0v) is 11.8. The topological polar surface area (TPSA) is 33.7 Å². The van der Waals surface area contributed by atoms with Crippen LogP contribution in [0.25, 0.3) is 0 Å². The van der Waals surface area contributed by atoms with Gasteiger partial charge in [-0.3, -0.25) is 4.90 Å². The molecule has 1 unspecified atom stereocenters. The monoisotopic (exact) mass is 252 g/mol. The van der Waals surface area contributed by atoms with E-state index in [9.17, 15) is 0 Å². The lowest BCUT2D eigenvalue weighted by atomic mass is 10.1. The van der Waals surface area contributed by atoms with Gasteiger partial charge in [0.2, 0.25) is 0 Å². The number of hydrogen-bond donors (Lipinski definition) is 1. The number of ether oxygens (including phenoxy) is 2. The minimum Gasteiger partial charge on any atom is -0.497 e. The van der Waals surface area contributed by atoms with E-state index in [-0.39, 0.29) is 0 Å². The van der Waals surface area contributed by atoms with Crippen molar-refractivity contribution in [1.29, 1.82) is 0 Å². The van der Waals surface area contributed by atoms with Crippen LogP contribution in [0, 0.1) is 0 Å². The van der Waals surface area contributed by atoms with Gasteiger partial charge >= 0.3 is 0 Å². The van der Waals surface area contributed by atoms with E-state index < -0.39 is 0 Å². The predicted molar refractivity (Wildman–Crippen MR) is 74.1 cm³/mol. The van der Waals surface area contributed by atoms with Crippen LogP contribution in [0.1, 0.15) is 5.56 Å². The van der Waals surface area contributed by atoms with Crippen LogP contribution >= 0.6 is 0 Å². The van der Waals surface area contributed by atoms with Gasteiger partial charge in [-0.15, -0.1) is 0 Å². The molecular weight excluding hydrogens is 228 g/mol. The fourth-order valence-corrected chi connectivity index (χ4v) is 1.96. The van der Waals surface area contributed by atoms with Crippen molar-refractivity contribution in [2.24, 2.45) is 0 Å². The summed E-state index contributed by atoms with van der Waals surface area (Å²) in [6.07, 6.45) is 0. The Hall–Kier alpha value is -1.10. The van der Waals surface area contributed by atoms with Gasteiger partial charge in [-0.2, -0.15) is 0 Å². The Balaban J connectivity index is 2.62. The molecule has 0 saturated carbocycles. The Bertz CT molecular complexity index is 338. The number of benzene rings is 1. The minimum atomic E-state index is 0.367. The number of hydrogen-bond acceptors (Lipinski definition) is 4. The first-order valence-corrected chi connectivity index (χ1v) is 6.18. The van der Waals surface area contributed by atoms with Crippen molar-refractivity contribution < 1.29 is 9.47 Å². The van der Waals surface area contributed by atoms with Gasteiger partial charge in [0.1, 0.15) is 5.75 Å². The van der Waals surface area contributed by atoms with Gasteiger partial charge < -0.3 is 14.8 Å². The molecule has 18 heavy (non-hydrogen) atoms. The maximum atomic E-state index is 5.25. The van der Waals surface area contributed by atoms with Crippen molar-refractivity contribution in [1.82, 2.24) is 10.2 Å². The summed E-state index contributed by atoms with van der Waals surface area (Å²) in [5, 5.41) is 3.20. The van der Waals surface area contributed by atoms with Crippen LogP contribution in [0.2, 0.25) is 0 Å². The quantitative estimate of drug-likeness (QED) is 0.757. The van der Waals surface area contributed by atoms with E-state index in [1.807, 2.05) is 19.2 Å². The molecule has 0 aliphatic heterocycles. The Labute approximate surface area is 110 Å². The summed E-state index contributed by atoms with van der Waals surface area (Å²) in [5.74, 6) is 0.901. The molecule has 0 aliphatic rings. The van der Waals surface area contributed by atoms with Crippen molar-refractivity contribution >= 4 is 0 Å². The molecule has 0 fully saturated rings. The smallest absolute Gasteiger partial charge is 0.119 e. The third-order valence-electron chi connectivity index (χ3n) is 2.99. The summed E-state index contributed by atoms with van der Waals surface area (Å²) in [6, 6.07) is 8.53. The van der Waals surface area contributed by atoms with E-state index in [0.29, 0.717) is 6.04 Å². The second-order valence-corrected chi connectivity index (χ2v) is 4.43. The van der Waals surface area contributed by atoms with Gasteiger partial charge in [0, 0.05) is 26.2 Å². The Morgan fingerprint density at radius 1 is 1.33 bits per heavy atom. The molecule has 102 valence electrons. The molecule has 4 nitrogen and oxygen atoms in total. The average Bonchev–Trinajstić information content (AvgIpc) is 2.38. The van der Waals surface area contributed by atoms with Gasteiger partial charge in [0.25, 0.3) is 0 Å². The van der Waals surface area contributed by atoms with E-state index >= 15 is 0 Å². The van der Waals surface area contributed by atoms with Crippen LogP contribution in [-0.4, -0.2) is 52.4 Å². The highest BCUT2D eigenvalue weighted by molar-refractivity contribution is 5.28. The van der Waals surface area contributed by atoms with E-state index in [2.05, 4.69) is 29.4 Å². The summed E-state index contributed by atoms with van der Waals surface area (Å²) in [6.45, 7) is 2.52. The molecule has 1 atom stereocenters. The first-order valence-electron chi connectivity index (χ1n) is 6.18. The third-order valence-corrected chi connectivity index (χ3v) is 2.99. The van der Waals surface area contributed by atoms with Crippen molar-refractivity contribution in [2.75, 3.05) is 41.5 Å². The minimum absolute atomic E-state index is 0.367. The fourth-order valence-electron chi connectivity index (χ4n) is 1.96. The fraction of sp³-hybridized carbons (Fsp3) is 0.571. The Morgan fingerprint density at radius 3 is 2.72 bits per heavy atom. The zero-order valence-electron chi connectivity index (χ0n) is 11.8. The Kier molecular flexibility index (Phi) is 6.72. The molecule has 1 aromatic rings. The van der Waals surface area contributed by atoms with Gasteiger partial charge in [-0.25, -0.2) is 0 Å². The summed E-state index contributed by atoms with van der Waals surface area (Å²) in [5.41, 5.74) is 1.24. The van der Waals surface area contributed by atoms with E-state index in [1.165, 1.54) is 5.56 Å². The summed E-state index contributed by atoms with van der Waals surface area (Å²) < 4.78 is 10.5. The summed E-state index contributed by atoms with van der Waals surface area (Å²) >= 11 is 0. The van der Waals surface area contributed by atoms with Gasteiger partial charge in [0.15, 0.2) is 0 Å². The predicted octanol–water partition coefficient (Wildman–Crippen LogP) is 1.36. The van der Waals surface area contributed by atoms with Crippen LogP contribution < -0.4 is 10.1 Å². The zero-order chi connectivity index (χ0) is 13.4. The molecule has 0 saturated heterocycles. The number of rotatable bonds is 8. The van der Waals surface area contributed by atoms with E-state index in [0.717, 1.165) is 25.4 Å². The Morgan fingerprint density at radius 2 is 2.11 bits per heavy atom. The van der Waals surface area contributed by atoms with Crippen molar-refractivity contribution in [3.05, 3.63) is 29.8 Å². The molecular formula is C14H24N2O2. The molecule has 0 aromatic heterocycles. The number of methoxy groups -OCH3 is 2.